The normalized spacial score (nSPS) is 18.0. The Bertz CT molecular complexity index is 830. The lowest BCUT2D eigenvalue weighted by Gasteiger charge is -2.08. The standard InChI is InChI=1S/C19H19F2NO3/c1-12-9-15(8-7-13-5-3-2-4-6-13)25-18(24)16(12)17(23)22-11-14-10-19(14,20)21/h2-6,9,14H,7-8,10-11H2,1H3,(H,22,23). The molecule has 1 unspecified atom stereocenters. The smallest absolute Gasteiger partial charge is 0.349 e. The minimum atomic E-state index is -2.70. The second-order valence-electron chi connectivity index (χ2n) is 6.42. The average Bonchev–Trinajstić information content (AvgIpc) is 3.18. The van der Waals surface area contributed by atoms with Crippen molar-refractivity contribution in [3.8, 4) is 0 Å². The molecular formula is C19H19F2NO3. The Balaban J connectivity index is 1.65. The molecule has 1 heterocycles. The van der Waals surface area contributed by atoms with E-state index < -0.39 is 23.4 Å². The lowest BCUT2D eigenvalue weighted by Crippen LogP contribution is -2.32. The third-order valence-electron chi connectivity index (χ3n) is 4.39. The van der Waals surface area contributed by atoms with E-state index in [2.05, 4.69) is 5.32 Å². The monoisotopic (exact) mass is 347 g/mol. The molecule has 1 N–H and O–H groups in total. The number of rotatable bonds is 6. The van der Waals surface area contributed by atoms with E-state index in [4.69, 9.17) is 4.42 Å². The van der Waals surface area contributed by atoms with Crippen molar-refractivity contribution in [2.45, 2.75) is 32.1 Å². The fraction of sp³-hybridized carbons (Fsp3) is 0.368. The predicted octanol–water partition coefficient (Wildman–Crippen LogP) is 3.12. The zero-order valence-corrected chi connectivity index (χ0v) is 13.9. The molecule has 1 fully saturated rings. The quantitative estimate of drug-likeness (QED) is 0.873. The number of nitrogens with one attached hydrogen (secondary N) is 1. The largest absolute Gasteiger partial charge is 0.427 e. The van der Waals surface area contributed by atoms with E-state index >= 15 is 0 Å². The molecule has 3 rings (SSSR count). The van der Waals surface area contributed by atoms with Gasteiger partial charge < -0.3 is 9.73 Å². The molecule has 6 heteroatoms. The van der Waals surface area contributed by atoms with Crippen molar-refractivity contribution in [1.29, 1.82) is 0 Å². The number of carbonyl (C=O) groups excluding carboxylic acids is 1. The fourth-order valence-corrected chi connectivity index (χ4v) is 2.78. The SMILES string of the molecule is Cc1cc(CCc2ccccc2)oc(=O)c1C(=O)NCC1CC1(F)F. The first-order valence-electron chi connectivity index (χ1n) is 8.20. The van der Waals surface area contributed by atoms with Gasteiger partial charge in [-0.25, -0.2) is 13.6 Å². The van der Waals surface area contributed by atoms with Crippen LogP contribution in [-0.2, 0) is 12.8 Å². The molecule has 4 nitrogen and oxygen atoms in total. The molecular weight excluding hydrogens is 328 g/mol. The number of amides is 1. The summed E-state index contributed by atoms with van der Waals surface area (Å²) in [6, 6.07) is 11.4. The molecule has 1 amide bonds. The molecule has 1 aromatic heterocycles. The molecule has 1 atom stereocenters. The van der Waals surface area contributed by atoms with Gasteiger partial charge in [0.25, 0.3) is 11.8 Å². The maximum Gasteiger partial charge on any atom is 0.349 e. The van der Waals surface area contributed by atoms with Crippen molar-refractivity contribution < 1.29 is 18.0 Å². The van der Waals surface area contributed by atoms with E-state index in [0.29, 0.717) is 24.2 Å². The molecule has 0 spiro atoms. The molecule has 132 valence electrons. The summed E-state index contributed by atoms with van der Waals surface area (Å²) >= 11 is 0. The number of hydrogen-bond donors (Lipinski definition) is 1. The van der Waals surface area contributed by atoms with Crippen LogP contribution in [0.4, 0.5) is 8.78 Å². The topological polar surface area (TPSA) is 59.3 Å². The number of benzene rings is 1. The number of carbonyl (C=O) groups is 1. The summed E-state index contributed by atoms with van der Waals surface area (Å²) in [4.78, 5) is 24.2. The first-order valence-corrected chi connectivity index (χ1v) is 8.20. The highest BCUT2D eigenvalue weighted by Crippen LogP contribution is 2.47. The summed E-state index contributed by atoms with van der Waals surface area (Å²) in [7, 11) is 0. The van der Waals surface area contributed by atoms with Gasteiger partial charge >= 0.3 is 5.63 Å². The van der Waals surface area contributed by atoms with Gasteiger partial charge in [0.1, 0.15) is 11.3 Å². The number of hydrogen-bond acceptors (Lipinski definition) is 3. The molecule has 0 aliphatic heterocycles. The molecule has 0 radical (unpaired) electrons. The molecule has 1 aromatic carbocycles. The fourth-order valence-electron chi connectivity index (χ4n) is 2.78. The van der Waals surface area contributed by atoms with E-state index in [9.17, 15) is 18.4 Å². The van der Waals surface area contributed by atoms with Crippen molar-refractivity contribution in [3.05, 3.63) is 69.3 Å². The number of aryl methyl sites for hydroxylation is 3. The van der Waals surface area contributed by atoms with Gasteiger partial charge in [-0.3, -0.25) is 4.79 Å². The predicted molar refractivity (Wildman–Crippen MR) is 89.0 cm³/mol. The first-order chi connectivity index (χ1) is 11.9. The van der Waals surface area contributed by atoms with Crippen molar-refractivity contribution in [1.82, 2.24) is 5.32 Å². The van der Waals surface area contributed by atoms with E-state index in [0.717, 1.165) is 5.56 Å². The zero-order valence-electron chi connectivity index (χ0n) is 13.9. The highest BCUT2D eigenvalue weighted by molar-refractivity contribution is 5.95. The Hall–Kier alpha value is -2.50. The van der Waals surface area contributed by atoms with Crippen LogP contribution in [0.3, 0.4) is 0 Å². The van der Waals surface area contributed by atoms with Crippen LogP contribution in [0, 0.1) is 12.8 Å². The summed E-state index contributed by atoms with van der Waals surface area (Å²) in [5.74, 6) is -3.71. The van der Waals surface area contributed by atoms with Gasteiger partial charge in [-0.1, -0.05) is 30.3 Å². The van der Waals surface area contributed by atoms with Crippen LogP contribution in [0.2, 0.25) is 0 Å². The van der Waals surface area contributed by atoms with E-state index in [1.165, 1.54) is 0 Å². The molecule has 1 aliphatic carbocycles. The van der Waals surface area contributed by atoms with Crippen LogP contribution < -0.4 is 10.9 Å². The molecule has 2 aromatic rings. The number of halogens is 2. The van der Waals surface area contributed by atoms with E-state index in [1.54, 1.807) is 13.0 Å². The van der Waals surface area contributed by atoms with Crippen LogP contribution in [0.15, 0.2) is 45.6 Å². The summed E-state index contributed by atoms with van der Waals surface area (Å²) < 4.78 is 30.9. The Kier molecular flexibility index (Phi) is 4.70. The van der Waals surface area contributed by atoms with Crippen molar-refractivity contribution in [3.63, 3.8) is 0 Å². The van der Waals surface area contributed by atoms with Gasteiger partial charge in [-0.05, 0) is 30.5 Å². The molecule has 1 saturated carbocycles. The second-order valence-corrected chi connectivity index (χ2v) is 6.42. The van der Waals surface area contributed by atoms with Crippen LogP contribution in [0.5, 0.6) is 0 Å². The maximum absolute atomic E-state index is 12.9. The third kappa shape index (κ3) is 4.13. The first kappa shape index (κ1) is 17.3. The van der Waals surface area contributed by atoms with Crippen LogP contribution >= 0.6 is 0 Å². The van der Waals surface area contributed by atoms with E-state index in [1.807, 2.05) is 30.3 Å². The van der Waals surface area contributed by atoms with E-state index in [-0.39, 0.29) is 18.5 Å². The summed E-state index contributed by atoms with van der Waals surface area (Å²) in [5.41, 5.74) is 0.755. The maximum atomic E-state index is 12.9. The summed E-state index contributed by atoms with van der Waals surface area (Å²) in [5, 5.41) is 2.40. The zero-order chi connectivity index (χ0) is 18.0. The van der Waals surface area contributed by atoms with Crippen LogP contribution in [0.1, 0.15) is 33.7 Å². The Morgan fingerprint density at radius 3 is 2.56 bits per heavy atom. The Morgan fingerprint density at radius 2 is 1.96 bits per heavy atom. The van der Waals surface area contributed by atoms with Gasteiger partial charge in [-0.2, -0.15) is 0 Å². The number of alkyl halides is 2. The Morgan fingerprint density at radius 1 is 1.28 bits per heavy atom. The third-order valence-corrected chi connectivity index (χ3v) is 4.39. The minimum Gasteiger partial charge on any atom is -0.427 e. The van der Waals surface area contributed by atoms with Crippen LogP contribution in [0.25, 0.3) is 0 Å². The highest BCUT2D eigenvalue weighted by atomic mass is 19.3. The highest BCUT2D eigenvalue weighted by Gasteiger charge is 2.56. The lowest BCUT2D eigenvalue weighted by molar-refractivity contribution is 0.0892. The van der Waals surface area contributed by atoms with Gasteiger partial charge in [0.15, 0.2) is 0 Å². The van der Waals surface area contributed by atoms with Crippen LogP contribution in [-0.4, -0.2) is 18.4 Å². The minimum absolute atomic E-state index is 0.118. The van der Waals surface area contributed by atoms with Crippen molar-refractivity contribution in [2.24, 2.45) is 5.92 Å². The average molecular weight is 347 g/mol. The Labute approximate surface area is 143 Å². The molecule has 25 heavy (non-hydrogen) atoms. The second kappa shape index (κ2) is 6.78. The summed E-state index contributed by atoms with van der Waals surface area (Å²) in [6.45, 7) is 1.50. The summed E-state index contributed by atoms with van der Waals surface area (Å²) in [6.07, 6.45) is 1.03. The van der Waals surface area contributed by atoms with Gasteiger partial charge in [0, 0.05) is 25.3 Å². The van der Waals surface area contributed by atoms with Crippen molar-refractivity contribution >= 4 is 5.91 Å². The van der Waals surface area contributed by atoms with Gasteiger partial charge in [-0.15, -0.1) is 0 Å². The molecule has 0 saturated heterocycles. The molecule has 1 aliphatic rings. The van der Waals surface area contributed by atoms with Gasteiger partial charge in [0.2, 0.25) is 0 Å². The van der Waals surface area contributed by atoms with Gasteiger partial charge in [0.05, 0.1) is 0 Å². The van der Waals surface area contributed by atoms with Crippen molar-refractivity contribution in [2.75, 3.05) is 6.54 Å². The molecule has 0 bridgehead atoms. The lowest BCUT2D eigenvalue weighted by atomic mass is 10.1.